The third kappa shape index (κ3) is 5.78. The van der Waals surface area contributed by atoms with Crippen molar-refractivity contribution >= 4 is 40.9 Å². The van der Waals surface area contributed by atoms with E-state index < -0.39 is 11.9 Å². The number of anilines is 1. The van der Waals surface area contributed by atoms with Crippen LogP contribution in [-0.2, 0) is 14.3 Å². The molecule has 4 nitrogen and oxygen atoms in total. The Morgan fingerprint density at radius 3 is 2.46 bits per heavy atom. The van der Waals surface area contributed by atoms with Crippen LogP contribution < -0.4 is 5.32 Å². The Balaban J connectivity index is 1.96. The molecule has 2 aromatic rings. The van der Waals surface area contributed by atoms with Crippen LogP contribution >= 0.6 is 23.4 Å². The van der Waals surface area contributed by atoms with E-state index in [9.17, 15) is 9.59 Å². The van der Waals surface area contributed by atoms with E-state index in [2.05, 4.69) is 5.32 Å². The molecule has 0 bridgehead atoms. The fourth-order valence-corrected chi connectivity index (χ4v) is 3.17. The SMILES string of the molecule is CSc1cccc(NC(=O)COC(=O)[C@H](c2ccc(Cl)cc2)C(C)C)c1. The lowest BCUT2D eigenvalue weighted by atomic mass is 9.88. The minimum Gasteiger partial charge on any atom is -0.455 e. The van der Waals surface area contributed by atoms with Gasteiger partial charge in [-0.2, -0.15) is 0 Å². The second kappa shape index (κ2) is 9.64. The lowest BCUT2D eigenvalue weighted by molar-refractivity contribution is -0.149. The van der Waals surface area contributed by atoms with Crippen LogP contribution in [0.15, 0.2) is 53.4 Å². The van der Waals surface area contributed by atoms with Crippen molar-refractivity contribution in [2.24, 2.45) is 5.92 Å². The van der Waals surface area contributed by atoms with Crippen LogP contribution in [0, 0.1) is 5.92 Å². The van der Waals surface area contributed by atoms with Gasteiger partial charge in [0.25, 0.3) is 5.91 Å². The molecule has 0 radical (unpaired) electrons. The number of amides is 1. The molecule has 0 spiro atoms. The molecule has 0 aliphatic carbocycles. The highest BCUT2D eigenvalue weighted by molar-refractivity contribution is 7.98. The molecular formula is C20H22ClNO3S. The van der Waals surface area contributed by atoms with E-state index in [1.807, 2.05) is 50.4 Å². The van der Waals surface area contributed by atoms with Crippen LogP contribution in [0.3, 0.4) is 0 Å². The molecule has 2 aromatic carbocycles. The van der Waals surface area contributed by atoms with E-state index in [4.69, 9.17) is 16.3 Å². The molecule has 1 amide bonds. The molecule has 0 heterocycles. The minimum atomic E-state index is -0.445. The summed E-state index contributed by atoms with van der Waals surface area (Å²) in [6.07, 6.45) is 1.96. The molecule has 0 saturated carbocycles. The van der Waals surface area contributed by atoms with E-state index in [1.54, 1.807) is 30.0 Å². The zero-order valence-electron chi connectivity index (χ0n) is 15.0. The summed E-state index contributed by atoms with van der Waals surface area (Å²) in [5.74, 6) is -1.20. The predicted molar refractivity (Wildman–Crippen MR) is 107 cm³/mol. The van der Waals surface area contributed by atoms with Gasteiger partial charge in [0.2, 0.25) is 0 Å². The molecule has 0 unspecified atom stereocenters. The van der Waals surface area contributed by atoms with Crippen LogP contribution in [-0.4, -0.2) is 24.7 Å². The standard InChI is InChI=1S/C20H22ClNO3S/c1-13(2)19(14-7-9-15(21)10-8-14)20(24)25-12-18(23)22-16-5-4-6-17(11-16)26-3/h4-11,13,19H,12H2,1-3H3,(H,22,23)/t19-/m0/s1. The summed E-state index contributed by atoms with van der Waals surface area (Å²) in [4.78, 5) is 25.6. The van der Waals surface area contributed by atoms with Crippen molar-refractivity contribution in [3.05, 3.63) is 59.1 Å². The van der Waals surface area contributed by atoms with Crippen molar-refractivity contribution in [1.29, 1.82) is 0 Å². The smallest absolute Gasteiger partial charge is 0.314 e. The van der Waals surface area contributed by atoms with Crippen LogP contribution in [0.2, 0.25) is 5.02 Å². The van der Waals surface area contributed by atoms with Gasteiger partial charge in [0.1, 0.15) is 0 Å². The Morgan fingerprint density at radius 1 is 1.15 bits per heavy atom. The number of benzene rings is 2. The molecule has 138 valence electrons. The summed E-state index contributed by atoms with van der Waals surface area (Å²) in [5.41, 5.74) is 1.50. The molecule has 1 N–H and O–H groups in total. The first kappa shape index (κ1) is 20.3. The Labute approximate surface area is 163 Å². The number of ether oxygens (including phenoxy) is 1. The van der Waals surface area contributed by atoms with E-state index in [-0.39, 0.29) is 18.4 Å². The van der Waals surface area contributed by atoms with Gasteiger partial charge in [0.05, 0.1) is 5.92 Å². The number of nitrogens with one attached hydrogen (secondary N) is 1. The van der Waals surface area contributed by atoms with Gasteiger partial charge in [-0.15, -0.1) is 11.8 Å². The monoisotopic (exact) mass is 391 g/mol. The van der Waals surface area contributed by atoms with Gasteiger partial charge in [-0.1, -0.05) is 43.6 Å². The average molecular weight is 392 g/mol. The van der Waals surface area contributed by atoms with Gasteiger partial charge >= 0.3 is 5.97 Å². The minimum absolute atomic E-state index is 0.0324. The van der Waals surface area contributed by atoms with Crippen LogP contribution in [0.25, 0.3) is 0 Å². The Hall–Kier alpha value is -1.98. The summed E-state index contributed by atoms with van der Waals surface area (Å²) in [6.45, 7) is 3.56. The number of carbonyl (C=O) groups is 2. The highest BCUT2D eigenvalue weighted by Crippen LogP contribution is 2.27. The second-order valence-electron chi connectivity index (χ2n) is 6.16. The van der Waals surface area contributed by atoms with Crippen molar-refractivity contribution in [2.45, 2.75) is 24.7 Å². The number of hydrogen-bond donors (Lipinski definition) is 1. The summed E-state index contributed by atoms with van der Waals surface area (Å²) < 4.78 is 5.25. The molecule has 1 atom stereocenters. The van der Waals surface area contributed by atoms with Crippen LogP contribution in [0.4, 0.5) is 5.69 Å². The lowest BCUT2D eigenvalue weighted by Crippen LogP contribution is -2.26. The van der Waals surface area contributed by atoms with Crippen molar-refractivity contribution in [1.82, 2.24) is 0 Å². The zero-order valence-corrected chi connectivity index (χ0v) is 16.6. The van der Waals surface area contributed by atoms with E-state index in [0.29, 0.717) is 10.7 Å². The number of halogens is 1. The van der Waals surface area contributed by atoms with Gasteiger partial charge in [-0.25, -0.2) is 0 Å². The van der Waals surface area contributed by atoms with E-state index >= 15 is 0 Å². The molecule has 6 heteroatoms. The van der Waals surface area contributed by atoms with E-state index in [1.165, 1.54) is 0 Å². The van der Waals surface area contributed by atoms with Gasteiger partial charge in [-0.05, 0) is 48.1 Å². The summed E-state index contributed by atoms with van der Waals surface area (Å²) in [6, 6.07) is 14.6. The van der Waals surface area contributed by atoms with Crippen molar-refractivity contribution in [3.8, 4) is 0 Å². The number of carbonyl (C=O) groups excluding carboxylic acids is 2. The molecule has 2 rings (SSSR count). The summed E-state index contributed by atoms with van der Waals surface area (Å²) in [7, 11) is 0. The first-order valence-electron chi connectivity index (χ1n) is 8.26. The first-order chi connectivity index (χ1) is 12.4. The van der Waals surface area contributed by atoms with E-state index in [0.717, 1.165) is 10.5 Å². The van der Waals surface area contributed by atoms with Crippen molar-refractivity contribution in [3.63, 3.8) is 0 Å². The highest BCUT2D eigenvalue weighted by Gasteiger charge is 2.26. The molecule has 0 aromatic heterocycles. The number of thioether (sulfide) groups is 1. The molecular weight excluding hydrogens is 370 g/mol. The molecule has 0 saturated heterocycles. The Bertz CT molecular complexity index is 762. The average Bonchev–Trinajstić information content (AvgIpc) is 2.61. The molecule has 26 heavy (non-hydrogen) atoms. The maximum absolute atomic E-state index is 12.5. The number of hydrogen-bond acceptors (Lipinski definition) is 4. The topological polar surface area (TPSA) is 55.4 Å². The van der Waals surface area contributed by atoms with Gasteiger partial charge in [-0.3, -0.25) is 9.59 Å². The Kier molecular flexibility index (Phi) is 7.54. The van der Waals surface area contributed by atoms with Gasteiger partial charge in [0.15, 0.2) is 6.61 Å². The summed E-state index contributed by atoms with van der Waals surface area (Å²) >= 11 is 7.49. The number of esters is 1. The molecule has 0 aliphatic heterocycles. The first-order valence-corrected chi connectivity index (χ1v) is 9.87. The summed E-state index contributed by atoms with van der Waals surface area (Å²) in [5, 5.41) is 3.35. The fourth-order valence-electron chi connectivity index (χ4n) is 2.59. The van der Waals surface area contributed by atoms with Crippen molar-refractivity contribution < 1.29 is 14.3 Å². The lowest BCUT2D eigenvalue weighted by Gasteiger charge is -2.20. The zero-order chi connectivity index (χ0) is 19.1. The van der Waals surface area contributed by atoms with Crippen LogP contribution in [0.1, 0.15) is 25.3 Å². The second-order valence-corrected chi connectivity index (χ2v) is 7.48. The normalized spacial score (nSPS) is 11.9. The molecule has 0 fully saturated rings. The number of rotatable bonds is 7. The quantitative estimate of drug-likeness (QED) is 0.534. The maximum atomic E-state index is 12.5. The third-order valence-electron chi connectivity index (χ3n) is 3.85. The highest BCUT2D eigenvalue weighted by atomic mass is 35.5. The van der Waals surface area contributed by atoms with Gasteiger partial charge < -0.3 is 10.1 Å². The molecule has 0 aliphatic rings. The van der Waals surface area contributed by atoms with Gasteiger partial charge in [0, 0.05) is 15.6 Å². The fraction of sp³-hybridized carbons (Fsp3) is 0.300. The van der Waals surface area contributed by atoms with Crippen molar-refractivity contribution in [2.75, 3.05) is 18.2 Å². The van der Waals surface area contributed by atoms with Crippen LogP contribution in [0.5, 0.6) is 0 Å². The third-order valence-corrected chi connectivity index (χ3v) is 4.83. The predicted octanol–water partition coefficient (Wildman–Crippen LogP) is 4.98. The Morgan fingerprint density at radius 2 is 1.85 bits per heavy atom. The largest absolute Gasteiger partial charge is 0.455 e. The maximum Gasteiger partial charge on any atom is 0.314 e.